The second-order valence-corrected chi connectivity index (χ2v) is 5.36. The molecular formula is C19H24N2O2. The van der Waals surface area contributed by atoms with E-state index >= 15 is 0 Å². The van der Waals surface area contributed by atoms with E-state index in [1.165, 1.54) is 5.56 Å². The van der Waals surface area contributed by atoms with E-state index in [0.29, 0.717) is 19.7 Å². The lowest BCUT2D eigenvalue weighted by molar-refractivity contribution is 0.242. The molecule has 0 saturated carbocycles. The van der Waals surface area contributed by atoms with Crippen LogP contribution in [0, 0.1) is 13.8 Å². The summed E-state index contributed by atoms with van der Waals surface area (Å²) in [4.78, 5) is 14.0. The topological polar surface area (TPSA) is 41.6 Å². The number of amides is 2. The Hall–Kier alpha value is -2.49. The van der Waals surface area contributed by atoms with Gasteiger partial charge in [-0.1, -0.05) is 30.3 Å². The SMILES string of the molecule is CCN(C(=O)NCCOc1cccc(C)c1C)c1ccccc1. The second kappa shape index (κ2) is 8.22. The minimum absolute atomic E-state index is 0.108. The van der Waals surface area contributed by atoms with Crippen molar-refractivity contribution in [3.63, 3.8) is 0 Å². The van der Waals surface area contributed by atoms with Gasteiger partial charge in [-0.2, -0.15) is 0 Å². The largest absolute Gasteiger partial charge is 0.491 e. The summed E-state index contributed by atoms with van der Waals surface area (Å²) in [7, 11) is 0. The number of ether oxygens (including phenoxy) is 1. The zero-order valence-corrected chi connectivity index (χ0v) is 14.0. The standard InChI is InChI=1S/C19H24N2O2/c1-4-21(17-10-6-5-7-11-17)19(22)20-13-14-23-18-12-8-9-15(2)16(18)3/h5-12H,4,13-14H2,1-3H3,(H,20,22). The van der Waals surface area contributed by atoms with Crippen LogP contribution in [-0.2, 0) is 0 Å². The number of urea groups is 1. The number of nitrogens with one attached hydrogen (secondary N) is 1. The Bertz CT molecular complexity index is 641. The highest BCUT2D eigenvalue weighted by Crippen LogP contribution is 2.20. The van der Waals surface area contributed by atoms with E-state index in [9.17, 15) is 4.79 Å². The van der Waals surface area contributed by atoms with E-state index in [0.717, 1.165) is 17.0 Å². The molecule has 0 aliphatic carbocycles. The van der Waals surface area contributed by atoms with Gasteiger partial charge in [0.2, 0.25) is 0 Å². The number of para-hydroxylation sites is 1. The van der Waals surface area contributed by atoms with E-state index in [1.54, 1.807) is 4.90 Å². The molecule has 23 heavy (non-hydrogen) atoms. The fourth-order valence-electron chi connectivity index (χ4n) is 2.35. The van der Waals surface area contributed by atoms with Crippen LogP contribution in [0.4, 0.5) is 10.5 Å². The molecular weight excluding hydrogens is 288 g/mol. The summed E-state index contributed by atoms with van der Waals surface area (Å²) in [5.41, 5.74) is 3.23. The molecule has 0 aliphatic rings. The zero-order chi connectivity index (χ0) is 16.7. The summed E-state index contributed by atoms with van der Waals surface area (Å²) in [6, 6.07) is 15.5. The maximum atomic E-state index is 12.3. The fourth-order valence-corrected chi connectivity index (χ4v) is 2.35. The molecule has 4 heteroatoms. The van der Waals surface area contributed by atoms with Gasteiger partial charge in [-0.25, -0.2) is 4.79 Å². The van der Waals surface area contributed by atoms with Crippen LogP contribution >= 0.6 is 0 Å². The van der Waals surface area contributed by atoms with Crippen molar-refractivity contribution in [2.75, 3.05) is 24.6 Å². The van der Waals surface area contributed by atoms with E-state index in [-0.39, 0.29) is 6.03 Å². The van der Waals surface area contributed by atoms with Crippen LogP contribution in [0.3, 0.4) is 0 Å². The van der Waals surface area contributed by atoms with E-state index < -0.39 is 0 Å². The van der Waals surface area contributed by atoms with Gasteiger partial charge in [0, 0.05) is 12.2 Å². The highest BCUT2D eigenvalue weighted by Gasteiger charge is 2.12. The highest BCUT2D eigenvalue weighted by atomic mass is 16.5. The third kappa shape index (κ3) is 4.49. The van der Waals surface area contributed by atoms with Crippen LogP contribution in [0.25, 0.3) is 0 Å². The predicted molar refractivity (Wildman–Crippen MR) is 94.3 cm³/mol. The van der Waals surface area contributed by atoms with E-state index in [1.807, 2.05) is 56.3 Å². The van der Waals surface area contributed by atoms with Gasteiger partial charge < -0.3 is 10.1 Å². The minimum atomic E-state index is -0.108. The molecule has 2 amide bonds. The van der Waals surface area contributed by atoms with Crippen LogP contribution in [-0.4, -0.2) is 25.7 Å². The van der Waals surface area contributed by atoms with Crippen LogP contribution < -0.4 is 15.0 Å². The summed E-state index contributed by atoms with van der Waals surface area (Å²) < 4.78 is 5.75. The maximum absolute atomic E-state index is 12.3. The zero-order valence-electron chi connectivity index (χ0n) is 14.0. The normalized spacial score (nSPS) is 10.2. The molecule has 4 nitrogen and oxygen atoms in total. The number of rotatable bonds is 6. The first-order valence-corrected chi connectivity index (χ1v) is 7.93. The molecule has 0 saturated heterocycles. The van der Waals surface area contributed by atoms with Crippen molar-refractivity contribution in [2.24, 2.45) is 0 Å². The summed E-state index contributed by atoms with van der Waals surface area (Å²) in [6.07, 6.45) is 0. The van der Waals surface area contributed by atoms with E-state index in [4.69, 9.17) is 4.74 Å². The third-order valence-corrected chi connectivity index (χ3v) is 3.82. The van der Waals surface area contributed by atoms with Crippen molar-refractivity contribution < 1.29 is 9.53 Å². The summed E-state index contributed by atoms with van der Waals surface area (Å²) in [5, 5.41) is 2.90. The number of nitrogens with zero attached hydrogens (tertiary/aromatic N) is 1. The molecule has 0 unspecified atom stereocenters. The van der Waals surface area contributed by atoms with Gasteiger partial charge >= 0.3 is 6.03 Å². The average molecular weight is 312 g/mol. The number of carbonyl (C=O) groups excluding carboxylic acids is 1. The molecule has 2 rings (SSSR count). The Morgan fingerprint density at radius 3 is 2.52 bits per heavy atom. The number of hydrogen-bond acceptors (Lipinski definition) is 2. The highest BCUT2D eigenvalue weighted by molar-refractivity contribution is 5.91. The molecule has 0 heterocycles. The number of aryl methyl sites for hydroxylation is 1. The van der Waals surface area contributed by atoms with Crippen LogP contribution in [0.5, 0.6) is 5.75 Å². The third-order valence-electron chi connectivity index (χ3n) is 3.82. The Balaban J connectivity index is 1.83. The summed E-state index contributed by atoms with van der Waals surface area (Å²) >= 11 is 0. The number of hydrogen-bond donors (Lipinski definition) is 1. The summed E-state index contributed by atoms with van der Waals surface area (Å²) in [5.74, 6) is 0.870. The Morgan fingerprint density at radius 1 is 1.09 bits per heavy atom. The molecule has 122 valence electrons. The van der Waals surface area contributed by atoms with Crippen molar-refractivity contribution in [1.82, 2.24) is 5.32 Å². The minimum Gasteiger partial charge on any atom is -0.491 e. The first kappa shape index (κ1) is 16.9. The van der Waals surface area contributed by atoms with Gasteiger partial charge in [0.25, 0.3) is 0 Å². The fraction of sp³-hybridized carbons (Fsp3) is 0.316. The van der Waals surface area contributed by atoms with Gasteiger partial charge in [-0.05, 0) is 50.1 Å². The first-order valence-electron chi connectivity index (χ1n) is 7.93. The quantitative estimate of drug-likeness (QED) is 0.821. The first-order chi connectivity index (χ1) is 11.1. The molecule has 0 spiro atoms. The molecule has 0 aromatic heterocycles. The number of benzene rings is 2. The van der Waals surface area contributed by atoms with Crippen LogP contribution in [0.1, 0.15) is 18.1 Å². The molecule has 1 N–H and O–H groups in total. The Kier molecular flexibility index (Phi) is 6.03. The van der Waals surface area contributed by atoms with Gasteiger partial charge in [-0.3, -0.25) is 4.90 Å². The Labute approximate surface area is 138 Å². The van der Waals surface area contributed by atoms with Crippen LogP contribution in [0.15, 0.2) is 48.5 Å². The monoisotopic (exact) mass is 312 g/mol. The predicted octanol–water partition coefficient (Wildman–Crippen LogP) is 3.92. The number of carbonyl (C=O) groups is 1. The van der Waals surface area contributed by atoms with Gasteiger partial charge in [0.1, 0.15) is 12.4 Å². The smallest absolute Gasteiger partial charge is 0.321 e. The molecule has 0 atom stereocenters. The lowest BCUT2D eigenvalue weighted by Crippen LogP contribution is -2.41. The molecule has 0 fully saturated rings. The van der Waals surface area contributed by atoms with Crippen molar-refractivity contribution in [3.8, 4) is 5.75 Å². The van der Waals surface area contributed by atoms with Gasteiger partial charge in [0.15, 0.2) is 0 Å². The van der Waals surface area contributed by atoms with Gasteiger partial charge in [0.05, 0.1) is 6.54 Å². The lowest BCUT2D eigenvalue weighted by Gasteiger charge is -2.21. The number of anilines is 1. The lowest BCUT2D eigenvalue weighted by atomic mass is 10.1. The van der Waals surface area contributed by atoms with Crippen molar-refractivity contribution in [1.29, 1.82) is 0 Å². The van der Waals surface area contributed by atoms with Crippen molar-refractivity contribution in [2.45, 2.75) is 20.8 Å². The molecule has 0 radical (unpaired) electrons. The average Bonchev–Trinajstić information content (AvgIpc) is 2.57. The molecule has 0 bridgehead atoms. The summed E-state index contributed by atoms with van der Waals surface area (Å²) in [6.45, 7) is 7.59. The maximum Gasteiger partial charge on any atom is 0.321 e. The second-order valence-electron chi connectivity index (χ2n) is 5.36. The Morgan fingerprint density at radius 2 is 1.83 bits per heavy atom. The van der Waals surface area contributed by atoms with Crippen molar-refractivity contribution in [3.05, 3.63) is 59.7 Å². The molecule has 0 aliphatic heterocycles. The van der Waals surface area contributed by atoms with E-state index in [2.05, 4.69) is 18.3 Å². The molecule has 2 aromatic carbocycles. The van der Waals surface area contributed by atoms with Gasteiger partial charge in [-0.15, -0.1) is 0 Å². The van der Waals surface area contributed by atoms with Crippen LogP contribution in [0.2, 0.25) is 0 Å². The van der Waals surface area contributed by atoms with Crippen molar-refractivity contribution >= 4 is 11.7 Å². The molecule has 2 aromatic rings.